The van der Waals surface area contributed by atoms with E-state index in [0.29, 0.717) is 30.9 Å². The largest absolute Gasteiger partial charge is 0.493 e. The molecule has 0 saturated heterocycles. The van der Waals surface area contributed by atoms with Crippen LogP contribution in [-0.2, 0) is 4.79 Å². The van der Waals surface area contributed by atoms with Gasteiger partial charge in [-0.05, 0) is 43.0 Å². The molecule has 0 aromatic heterocycles. The van der Waals surface area contributed by atoms with Crippen LogP contribution in [-0.4, -0.2) is 18.4 Å². The van der Waals surface area contributed by atoms with Crippen molar-refractivity contribution in [1.82, 2.24) is 0 Å². The molecule has 1 aliphatic carbocycles. The van der Waals surface area contributed by atoms with Crippen LogP contribution in [0.1, 0.15) is 32.7 Å². The van der Waals surface area contributed by atoms with Crippen molar-refractivity contribution < 1.29 is 19.7 Å². The number of carbonyl (C=O) groups excluding carboxylic acids is 1. The summed E-state index contributed by atoms with van der Waals surface area (Å²) in [5, 5.41) is 11.7. The summed E-state index contributed by atoms with van der Waals surface area (Å²) in [5.74, 6) is -2.37. The van der Waals surface area contributed by atoms with E-state index < -0.39 is 11.8 Å². The van der Waals surface area contributed by atoms with Crippen molar-refractivity contribution >= 4 is 11.6 Å². The molecule has 0 unspecified atom stereocenters. The Labute approximate surface area is 135 Å². The van der Waals surface area contributed by atoms with E-state index in [-0.39, 0.29) is 25.7 Å². The number of nitrogens with zero attached hydrogens (tertiary/aromatic N) is 1. The van der Waals surface area contributed by atoms with Gasteiger partial charge in [-0.15, -0.1) is 0 Å². The van der Waals surface area contributed by atoms with Gasteiger partial charge in [-0.25, -0.2) is 8.78 Å². The minimum absolute atomic E-state index is 0. The van der Waals surface area contributed by atoms with Gasteiger partial charge in [0, 0.05) is 14.3 Å². The lowest BCUT2D eigenvalue weighted by Crippen LogP contribution is -2.27. The standard InChI is InChI=1S/C17H18F2N2O2.H2/c1-2-16(22)21-15-4-3-14(9-13(15)10-20)23-11-12-5-7-17(18,19)8-6-12;/h2-4,9,12H,1,5-8,11H2,(H,21,22);1H. The smallest absolute Gasteiger partial charge is 0.248 e. The second-order valence-electron chi connectivity index (χ2n) is 5.62. The fourth-order valence-corrected chi connectivity index (χ4v) is 2.48. The van der Waals surface area contributed by atoms with Crippen molar-refractivity contribution in [3.8, 4) is 11.8 Å². The van der Waals surface area contributed by atoms with Crippen LogP contribution in [0.25, 0.3) is 0 Å². The van der Waals surface area contributed by atoms with E-state index in [4.69, 9.17) is 10.00 Å². The van der Waals surface area contributed by atoms with Crippen LogP contribution in [0.15, 0.2) is 30.9 Å². The Balaban J connectivity index is 0.00000288. The number of hydrogen-bond donors (Lipinski definition) is 1. The maximum Gasteiger partial charge on any atom is 0.248 e. The molecule has 0 spiro atoms. The number of amides is 1. The second-order valence-corrected chi connectivity index (χ2v) is 5.62. The lowest BCUT2D eigenvalue weighted by molar-refractivity contribution is -0.111. The third-order valence-electron chi connectivity index (χ3n) is 3.88. The maximum absolute atomic E-state index is 13.1. The lowest BCUT2D eigenvalue weighted by Gasteiger charge is -2.28. The molecule has 0 aliphatic heterocycles. The summed E-state index contributed by atoms with van der Waals surface area (Å²) in [7, 11) is 0. The van der Waals surface area contributed by atoms with Crippen LogP contribution in [0.3, 0.4) is 0 Å². The van der Waals surface area contributed by atoms with Gasteiger partial charge in [-0.2, -0.15) is 5.26 Å². The summed E-state index contributed by atoms with van der Waals surface area (Å²) >= 11 is 0. The number of rotatable bonds is 5. The van der Waals surface area contributed by atoms with E-state index in [1.54, 1.807) is 12.1 Å². The highest BCUT2D eigenvalue weighted by Crippen LogP contribution is 2.36. The molecule has 1 aromatic rings. The van der Waals surface area contributed by atoms with Gasteiger partial charge in [-0.1, -0.05) is 6.58 Å². The highest BCUT2D eigenvalue weighted by atomic mass is 19.3. The molecule has 0 heterocycles. The Morgan fingerprint density at radius 2 is 2.22 bits per heavy atom. The van der Waals surface area contributed by atoms with Gasteiger partial charge in [0.25, 0.3) is 0 Å². The predicted octanol–water partition coefficient (Wildman–Crippen LogP) is 4.13. The van der Waals surface area contributed by atoms with Gasteiger partial charge in [0.05, 0.1) is 17.9 Å². The monoisotopic (exact) mass is 322 g/mol. The fraction of sp³-hybridized carbons (Fsp3) is 0.412. The maximum atomic E-state index is 13.1. The van der Waals surface area contributed by atoms with E-state index in [1.807, 2.05) is 6.07 Å². The number of halogens is 2. The van der Waals surface area contributed by atoms with Gasteiger partial charge in [0.15, 0.2) is 0 Å². The first kappa shape index (κ1) is 16.9. The van der Waals surface area contributed by atoms with Crippen LogP contribution in [0.5, 0.6) is 5.75 Å². The Hall–Kier alpha value is -2.42. The van der Waals surface area contributed by atoms with E-state index in [0.717, 1.165) is 6.08 Å². The van der Waals surface area contributed by atoms with Gasteiger partial charge in [-0.3, -0.25) is 4.79 Å². The van der Waals surface area contributed by atoms with Gasteiger partial charge in [0.1, 0.15) is 11.8 Å². The molecule has 4 nitrogen and oxygen atoms in total. The number of alkyl halides is 2. The van der Waals surface area contributed by atoms with Crippen LogP contribution >= 0.6 is 0 Å². The molecule has 23 heavy (non-hydrogen) atoms. The molecule has 0 bridgehead atoms. The van der Waals surface area contributed by atoms with Gasteiger partial charge >= 0.3 is 0 Å². The zero-order valence-electron chi connectivity index (χ0n) is 12.6. The minimum atomic E-state index is -2.55. The molecule has 1 aromatic carbocycles. The molecule has 6 heteroatoms. The third kappa shape index (κ3) is 4.78. The molecule has 2 rings (SSSR count). The SMILES string of the molecule is C=CC(=O)Nc1ccc(OCC2CCC(F)(F)CC2)cc1C#N.[HH]. The summed E-state index contributed by atoms with van der Waals surface area (Å²) in [5.41, 5.74) is 0.648. The summed E-state index contributed by atoms with van der Waals surface area (Å²) in [6, 6.07) is 6.72. The zero-order chi connectivity index (χ0) is 16.9. The number of carbonyl (C=O) groups is 1. The van der Waals surface area contributed by atoms with Crippen molar-refractivity contribution in [3.05, 3.63) is 36.4 Å². The van der Waals surface area contributed by atoms with E-state index in [1.165, 1.54) is 6.07 Å². The zero-order valence-corrected chi connectivity index (χ0v) is 12.6. The quantitative estimate of drug-likeness (QED) is 0.829. The Morgan fingerprint density at radius 1 is 1.52 bits per heavy atom. The van der Waals surface area contributed by atoms with E-state index >= 15 is 0 Å². The highest BCUT2D eigenvalue weighted by Gasteiger charge is 2.34. The molecule has 0 radical (unpaired) electrons. The first-order valence-corrected chi connectivity index (χ1v) is 7.42. The first-order valence-electron chi connectivity index (χ1n) is 7.42. The topological polar surface area (TPSA) is 62.1 Å². The number of hydrogen-bond acceptors (Lipinski definition) is 3. The number of anilines is 1. The molecule has 1 aliphatic rings. The van der Waals surface area contributed by atoms with Crippen LogP contribution in [0.4, 0.5) is 14.5 Å². The molecule has 124 valence electrons. The van der Waals surface area contributed by atoms with Crippen LogP contribution < -0.4 is 10.1 Å². The van der Waals surface area contributed by atoms with E-state index in [2.05, 4.69) is 11.9 Å². The molecule has 1 saturated carbocycles. The summed E-state index contributed by atoms with van der Waals surface area (Å²) in [6.45, 7) is 3.69. The second kappa shape index (κ2) is 7.23. The van der Waals surface area contributed by atoms with Crippen molar-refractivity contribution in [2.75, 3.05) is 11.9 Å². The van der Waals surface area contributed by atoms with Crippen molar-refractivity contribution in [2.24, 2.45) is 5.92 Å². The average Bonchev–Trinajstić information content (AvgIpc) is 2.54. The predicted molar refractivity (Wildman–Crippen MR) is 84.5 cm³/mol. The van der Waals surface area contributed by atoms with Gasteiger partial charge in [0.2, 0.25) is 11.8 Å². The first-order chi connectivity index (χ1) is 10.9. The molecular weight excluding hydrogens is 302 g/mol. The fourth-order valence-electron chi connectivity index (χ4n) is 2.48. The minimum Gasteiger partial charge on any atom is -0.493 e. The van der Waals surface area contributed by atoms with Crippen molar-refractivity contribution in [3.63, 3.8) is 0 Å². The molecule has 1 N–H and O–H groups in total. The average molecular weight is 322 g/mol. The lowest BCUT2D eigenvalue weighted by atomic mass is 9.87. The Kier molecular flexibility index (Phi) is 5.32. The number of benzene rings is 1. The van der Waals surface area contributed by atoms with Crippen LogP contribution in [0.2, 0.25) is 0 Å². The number of nitriles is 1. The molecular formula is C17H20F2N2O2. The summed E-state index contributed by atoms with van der Waals surface area (Å²) in [6.07, 6.45) is 1.79. The van der Waals surface area contributed by atoms with Crippen LogP contribution in [0, 0.1) is 17.2 Å². The van der Waals surface area contributed by atoms with Gasteiger partial charge < -0.3 is 10.1 Å². The Morgan fingerprint density at radius 3 is 2.83 bits per heavy atom. The molecule has 1 fully saturated rings. The van der Waals surface area contributed by atoms with E-state index in [9.17, 15) is 13.6 Å². The van der Waals surface area contributed by atoms with Crippen molar-refractivity contribution in [1.29, 1.82) is 5.26 Å². The number of ether oxygens (including phenoxy) is 1. The third-order valence-corrected chi connectivity index (χ3v) is 3.88. The highest BCUT2D eigenvalue weighted by molar-refractivity contribution is 5.99. The Bertz CT molecular complexity index is 634. The van der Waals surface area contributed by atoms with Crippen molar-refractivity contribution in [2.45, 2.75) is 31.6 Å². The molecule has 0 atom stereocenters. The molecule has 1 amide bonds. The normalized spacial score (nSPS) is 17.1. The number of nitrogens with one attached hydrogen (secondary N) is 1. The summed E-state index contributed by atoms with van der Waals surface area (Å²) < 4.78 is 31.8. The summed E-state index contributed by atoms with van der Waals surface area (Å²) in [4.78, 5) is 11.3.